The Morgan fingerprint density at radius 2 is 1.71 bits per heavy atom. The lowest BCUT2D eigenvalue weighted by atomic mass is 10.1. The van der Waals surface area contributed by atoms with Crippen LogP contribution in [0.5, 0.6) is 5.75 Å². The van der Waals surface area contributed by atoms with E-state index in [0.29, 0.717) is 12.2 Å². The summed E-state index contributed by atoms with van der Waals surface area (Å²) in [5.74, 6) is 0.464. The molecule has 0 heterocycles. The summed E-state index contributed by atoms with van der Waals surface area (Å²) in [6.45, 7) is 5.73. The summed E-state index contributed by atoms with van der Waals surface area (Å²) in [4.78, 5) is 14.6. The van der Waals surface area contributed by atoms with Crippen LogP contribution in [0, 0.1) is 13.8 Å². The van der Waals surface area contributed by atoms with E-state index in [1.54, 1.807) is 27.1 Å². The summed E-state index contributed by atoms with van der Waals surface area (Å²) < 4.78 is 31.4. The van der Waals surface area contributed by atoms with E-state index in [1.165, 1.54) is 9.21 Å². The maximum absolute atomic E-state index is 13.0. The maximum Gasteiger partial charge on any atom is 0.246 e. The van der Waals surface area contributed by atoms with Crippen LogP contribution < -0.4 is 9.04 Å². The zero-order valence-electron chi connectivity index (χ0n) is 17.3. The molecule has 1 atom stereocenters. The van der Waals surface area contributed by atoms with Crippen LogP contribution in [0.15, 0.2) is 42.5 Å². The van der Waals surface area contributed by atoms with E-state index < -0.39 is 16.1 Å². The highest BCUT2D eigenvalue weighted by Gasteiger charge is 2.31. The van der Waals surface area contributed by atoms with Gasteiger partial charge in [0, 0.05) is 13.6 Å². The number of likely N-dealkylation sites (N-methyl/N-ethyl adjacent to an activating group) is 1. The molecule has 0 unspecified atom stereocenters. The van der Waals surface area contributed by atoms with E-state index >= 15 is 0 Å². The third-order valence-corrected chi connectivity index (χ3v) is 5.85. The van der Waals surface area contributed by atoms with Gasteiger partial charge in [0.05, 0.1) is 19.1 Å². The molecule has 0 saturated heterocycles. The number of carbonyl (C=O) groups excluding carboxylic acids is 1. The summed E-state index contributed by atoms with van der Waals surface area (Å²) in [5.41, 5.74) is 3.19. The van der Waals surface area contributed by atoms with Crippen LogP contribution in [-0.4, -0.2) is 45.7 Å². The second-order valence-electron chi connectivity index (χ2n) is 7.07. The Balaban J connectivity index is 2.28. The molecular weight excluding hydrogens is 376 g/mol. The van der Waals surface area contributed by atoms with Crippen molar-refractivity contribution in [2.45, 2.75) is 33.4 Å². The molecule has 28 heavy (non-hydrogen) atoms. The number of amides is 1. The minimum atomic E-state index is -3.65. The van der Waals surface area contributed by atoms with E-state index in [9.17, 15) is 13.2 Å². The zero-order chi connectivity index (χ0) is 21.1. The van der Waals surface area contributed by atoms with Crippen molar-refractivity contribution in [3.8, 4) is 5.75 Å². The molecule has 0 aliphatic rings. The third kappa shape index (κ3) is 5.04. The maximum atomic E-state index is 13.0. The van der Waals surface area contributed by atoms with Crippen molar-refractivity contribution in [1.29, 1.82) is 0 Å². The van der Waals surface area contributed by atoms with Gasteiger partial charge in [-0.1, -0.05) is 24.3 Å². The van der Waals surface area contributed by atoms with Crippen molar-refractivity contribution in [2.75, 3.05) is 24.7 Å². The summed E-state index contributed by atoms with van der Waals surface area (Å²) in [7, 11) is -0.378. The first-order valence-corrected chi connectivity index (χ1v) is 10.8. The number of benzene rings is 2. The molecule has 0 aliphatic heterocycles. The molecule has 0 aromatic heterocycles. The molecule has 0 N–H and O–H groups in total. The highest BCUT2D eigenvalue weighted by Crippen LogP contribution is 2.27. The van der Waals surface area contributed by atoms with Gasteiger partial charge in [-0.25, -0.2) is 8.42 Å². The lowest BCUT2D eigenvalue weighted by Crippen LogP contribution is -2.48. The van der Waals surface area contributed by atoms with E-state index in [2.05, 4.69) is 0 Å². The quantitative estimate of drug-likeness (QED) is 0.711. The molecule has 1 amide bonds. The molecule has 2 rings (SSSR count). The van der Waals surface area contributed by atoms with Crippen LogP contribution in [0.2, 0.25) is 0 Å². The standard InChI is InChI=1S/C21H28N2O4S/c1-15-7-8-16(2)20(13-15)23(28(6,25)26)17(3)21(24)22(4)14-18-9-11-19(27-5)12-10-18/h7-13,17H,14H2,1-6H3/t17-/m0/s1. The number of rotatable bonds is 7. The van der Waals surface area contributed by atoms with Gasteiger partial charge in [-0.2, -0.15) is 0 Å². The molecule has 2 aromatic rings. The summed E-state index contributed by atoms with van der Waals surface area (Å²) >= 11 is 0. The van der Waals surface area contributed by atoms with Crippen LogP contribution in [0.3, 0.4) is 0 Å². The third-order valence-electron chi connectivity index (χ3n) is 4.62. The normalized spacial score (nSPS) is 12.4. The SMILES string of the molecule is COc1ccc(CN(C)C(=O)[C@H](C)N(c2cc(C)ccc2C)S(C)(=O)=O)cc1. The van der Waals surface area contributed by atoms with Gasteiger partial charge < -0.3 is 9.64 Å². The van der Waals surface area contributed by atoms with Crippen molar-refractivity contribution >= 4 is 21.6 Å². The van der Waals surface area contributed by atoms with E-state index in [1.807, 2.05) is 50.2 Å². The Morgan fingerprint density at radius 3 is 2.25 bits per heavy atom. The highest BCUT2D eigenvalue weighted by atomic mass is 32.2. The van der Waals surface area contributed by atoms with Crippen molar-refractivity contribution in [3.05, 3.63) is 59.2 Å². The molecule has 0 aliphatic carbocycles. The predicted molar refractivity (Wildman–Crippen MR) is 112 cm³/mol. The summed E-state index contributed by atoms with van der Waals surface area (Å²) in [5, 5.41) is 0. The van der Waals surface area contributed by atoms with Gasteiger partial charge in [-0.05, 0) is 55.7 Å². The van der Waals surface area contributed by atoms with Crippen LogP contribution in [-0.2, 0) is 21.4 Å². The predicted octanol–water partition coefficient (Wildman–Crippen LogP) is 3.13. The second kappa shape index (κ2) is 8.65. The molecule has 2 aromatic carbocycles. The van der Waals surface area contributed by atoms with E-state index in [-0.39, 0.29) is 5.91 Å². The lowest BCUT2D eigenvalue weighted by molar-refractivity contribution is -0.131. The number of anilines is 1. The fourth-order valence-electron chi connectivity index (χ4n) is 3.13. The average molecular weight is 405 g/mol. The molecule has 0 bridgehead atoms. The number of ether oxygens (including phenoxy) is 1. The highest BCUT2D eigenvalue weighted by molar-refractivity contribution is 7.92. The molecule has 0 saturated carbocycles. The first kappa shape index (κ1) is 21.8. The number of methoxy groups -OCH3 is 1. The van der Waals surface area contributed by atoms with E-state index in [0.717, 1.165) is 28.7 Å². The van der Waals surface area contributed by atoms with Gasteiger partial charge in [0.1, 0.15) is 11.8 Å². The number of nitrogens with zero attached hydrogens (tertiary/aromatic N) is 2. The largest absolute Gasteiger partial charge is 0.497 e. The minimum absolute atomic E-state index is 0.276. The van der Waals surface area contributed by atoms with Crippen molar-refractivity contribution < 1.29 is 17.9 Å². The Labute approximate surface area is 167 Å². The number of aryl methyl sites for hydroxylation is 2. The number of sulfonamides is 1. The first-order chi connectivity index (χ1) is 13.0. The van der Waals surface area contributed by atoms with Crippen molar-refractivity contribution in [3.63, 3.8) is 0 Å². The van der Waals surface area contributed by atoms with Crippen LogP contribution in [0.25, 0.3) is 0 Å². The molecule has 7 heteroatoms. The monoisotopic (exact) mass is 404 g/mol. The van der Waals surface area contributed by atoms with Gasteiger partial charge in [-0.3, -0.25) is 9.10 Å². The molecule has 0 radical (unpaired) electrons. The van der Waals surface area contributed by atoms with Gasteiger partial charge in [0.15, 0.2) is 0 Å². The van der Waals surface area contributed by atoms with Crippen molar-refractivity contribution in [1.82, 2.24) is 4.90 Å². The Hall–Kier alpha value is -2.54. The molecule has 0 spiro atoms. The summed E-state index contributed by atoms with van der Waals surface area (Å²) in [6, 6.07) is 12.1. The fraction of sp³-hybridized carbons (Fsp3) is 0.381. The lowest BCUT2D eigenvalue weighted by Gasteiger charge is -2.32. The van der Waals surface area contributed by atoms with Gasteiger partial charge >= 0.3 is 0 Å². The fourth-order valence-corrected chi connectivity index (χ4v) is 4.35. The van der Waals surface area contributed by atoms with Crippen molar-refractivity contribution in [2.24, 2.45) is 0 Å². The van der Waals surface area contributed by atoms with Gasteiger partial charge in [0.25, 0.3) is 0 Å². The number of hydrogen-bond acceptors (Lipinski definition) is 4. The Morgan fingerprint density at radius 1 is 1.11 bits per heavy atom. The Bertz CT molecular complexity index is 939. The molecule has 6 nitrogen and oxygen atoms in total. The number of carbonyl (C=O) groups is 1. The Kier molecular flexibility index (Phi) is 6.72. The zero-order valence-corrected chi connectivity index (χ0v) is 18.1. The average Bonchev–Trinajstić information content (AvgIpc) is 2.63. The molecular formula is C21H28N2O4S. The first-order valence-electron chi connectivity index (χ1n) is 8.99. The van der Waals surface area contributed by atoms with E-state index in [4.69, 9.17) is 4.74 Å². The van der Waals surface area contributed by atoms with Crippen LogP contribution >= 0.6 is 0 Å². The summed E-state index contributed by atoms with van der Waals surface area (Å²) in [6.07, 6.45) is 1.13. The van der Waals surface area contributed by atoms with Crippen LogP contribution in [0.1, 0.15) is 23.6 Å². The molecule has 0 fully saturated rings. The number of hydrogen-bond donors (Lipinski definition) is 0. The minimum Gasteiger partial charge on any atom is -0.497 e. The van der Waals surface area contributed by atoms with Crippen LogP contribution in [0.4, 0.5) is 5.69 Å². The smallest absolute Gasteiger partial charge is 0.246 e. The van der Waals surface area contributed by atoms with Gasteiger partial charge in [0.2, 0.25) is 15.9 Å². The molecule has 152 valence electrons. The topological polar surface area (TPSA) is 66.9 Å². The van der Waals surface area contributed by atoms with Gasteiger partial charge in [-0.15, -0.1) is 0 Å². The second-order valence-corrected chi connectivity index (χ2v) is 8.93.